The molecule has 6 atom stereocenters. The van der Waals surface area contributed by atoms with E-state index in [-0.39, 0.29) is 36.6 Å². The van der Waals surface area contributed by atoms with Gasteiger partial charge >= 0.3 is 28.5 Å². The summed E-state index contributed by atoms with van der Waals surface area (Å²) in [6.45, 7) is 22.3. The van der Waals surface area contributed by atoms with Crippen molar-refractivity contribution in [2.75, 3.05) is 0 Å². The fourth-order valence-electron chi connectivity index (χ4n) is 2.53. The van der Waals surface area contributed by atoms with Gasteiger partial charge in [-0.1, -0.05) is 41.5 Å². The maximum absolute atomic E-state index is 13.6. The molecule has 0 aliphatic rings. The Morgan fingerprint density at radius 1 is 0.432 bits per heavy atom. The average Bonchev–Trinajstić information content (AvgIpc) is 2.82. The summed E-state index contributed by atoms with van der Waals surface area (Å²) in [5, 5.41) is 0. The van der Waals surface area contributed by atoms with Crippen molar-refractivity contribution in [3.63, 3.8) is 0 Å². The van der Waals surface area contributed by atoms with Crippen molar-refractivity contribution in [1.82, 2.24) is 0 Å². The highest BCUT2D eigenvalue weighted by Gasteiger charge is 2.59. The summed E-state index contributed by atoms with van der Waals surface area (Å²) in [5.74, 6) is 0. The Morgan fingerprint density at radius 3 is 0.730 bits per heavy atom. The first-order valence-corrected chi connectivity index (χ1v) is 18.5. The van der Waals surface area contributed by atoms with Crippen LogP contribution in [0, 0.1) is 0 Å². The molecule has 0 aliphatic carbocycles. The van der Waals surface area contributed by atoms with Crippen molar-refractivity contribution in [2.45, 2.75) is 158 Å². The average molecular weight is 591 g/mol. The van der Waals surface area contributed by atoms with Crippen LogP contribution in [-0.4, -0.2) is 63.1 Å². The minimum atomic E-state index is -4.85. The van der Waals surface area contributed by atoms with Gasteiger partial charge in [-0.2, -0.15) is 8.42 Å². The molecule has 37 heavy (non-hydrogen) atoms. The van der Waals surface area contributed by atoms with Gasteiger partial charge in [0.25, 0.3) is 0 Å². The Kier molecular flexibility index (Phi) is 17.7. The Labute approximate surface area is 229 Å². The summed E-state index contributed by atoms with van der Waals surface area (Å²) in [7, 11) is -13.4. The van der Waals surface area contributed by atoms with E-state index in [2.05, 4.69) is 0 Å². The lowest BCUT2D eigenvalue weighted by Gasteiger charge is -2.36. The van der Waals surface area contributed by atoms with Gasteiger partial charge in [0.1, 0.15) is 0 Å². The zero-order valence-corrected chi connectivity index (χ0v) is 28.0. The zero-order chi connectivity index (χ0) is 28.9. The topological polar surface area (TPSA) is 108 Å². The molecule has 0 radical (unpaired) electrons. The van der Waals surface area contributed by atoms with Crippen LogP contribution in [0.2, 0.25) is 0 Å². The van der Waals surface area contributed by atoms with Crippen LogP contribution in [0.1, 0.15) is 122 Å². The predicted octanol–water partition coefficient (Wildman–Crippen LogP) is 6.03. The summed E-state index contributed by atoms with van der Waals surface area (Å²) in [6.07, 6.45) is 1.24. The van der Waals surface area contributed by atoms with Crippen LogP contribution in [0.5, 0.6) is 0 Å². The first kappa shape index (κ1) is 37.1. The van der Waals surface area contributed by atoms with E-state index in [0.29, 0.717) is 38.5 Å². The highest BCUT2D eigenvalue weighted by molar-refractivity contribution is 7.83. The Bertz CT molecular complexity index is 597. The Hall–Kier alpha value is 0.0638. The van der Waals surface area contributed by atoms with Gasteiger partial charge in [0.2, 0.25) is 0 Å². The molecule has 6 unspecified atom stereocenters. The second kappa shape index (κ2) is 17.7. The van der Waals surface area contributed by atoms with Gasteiger partial charge in [-0.25, -0.2) is 7.74 Å². The fraction of sp³-hybridized carbons (Fsp3) is 1.00. The lowest BCUT2D eigenvalue weighted by Crippen LogP contribution is -2.59. The fourth-order valence-corrected chi connectivity index (χ4v) is 10.2. The SMILES string of the molecule is CCC(C)O[Si](OC(C)CC)(OC(C)CC)OS(=O)(=O)O[Si](OC(C)CC)(OC(C)CC)OC(C)CC. The van der Waals surface area contributed by atoms with Gasteiger partial charge in [0.15, 0.2) is 0 Å². The monoisotopic (exact) mass is 590 g/mol. The highest BCUT2D eigenvalue weighted by Crippen LogP contribution is 2.29. The second-order valence-electron chi connectivity index (χ2n) is 9.60. The first-order chi connectivity index (χ1) is 17.1. The van der Waals surface area contributed by atoms with E-state index in [9.17, 15) is 8.42 Å². The van der Waals surface area contributed by atoms with Crippen molar-refractivity contribution < 1.29 is 42.7 Å². The van der Waals surface area contributed by atoms with E-state index in [1.54, 1.807) is 0 Å². The minimum absolute atomic E-state index is 0.388. The third-order valence-corrected chi connectivity index (χ3v) is 13.3. The van der Waals surface area contributed by atoms with Crippen LogP contribution < -0.4 is 0 Å². The van der Waals surface area contributed by atoms with Crippen LogP contribution in [-0.2, 0) is 44.7 Å². The summed E-state index contributed by atoms with van der Waals surface area (Å²) in [6, 6.07) is 0. The van der Waals surface area contributed by atoms with Crippen LogP contribution >= 0.6 is 0 Å². The molecule has 0 saturated carbocycles. The van der Waals surface area contributed by atoms with Crippen molar-refractivity contribution >= 4 is 28.5 Å². The molecule has 0 fully saturated rings. The van der Waals surface area contributed by atoms with E-state index in [1.807, 2.05) is 83.1 Å². The standard InChI is InChI=1S/C24H54O10SSi2/c1-13-19(7)27-36(28-20(8)14-2,29-21(9)15-3)33-35(25,26)34-37(30-22(10)16-4,31-23(11)17-5)32-24(12)18-6/h19-24H,13-18H2,1-12H3. The zero-order valence-electron chi connectivity index (χ0n) is 25.2. The van der Waals surface area contributed by atoms with Crippen molar-refractivity contribution in [3.05, 3.63) is 0 Å². The maximum Gasteiger partial charge on any atom is 0.697 e. The van der Waals surface area contributed by atoms with Crippen molar-refractivity contribution in [3.8, 4) is 0 Å². The molecule has 13 heteroatoms. The van der Waals surface area contributed by atoms with E-state index >= 15 is 0 Å². The molecule has 0 aliphatic heterocycles. The smallest absolute Gasteiger partial charge is 0.348 e. The molecule has 0 rings (SSSR count). The summed E-state index contributed by atoms with van der Waals surface area (Å²) < 4.78 is 75.1. The lowest BCUT2D eigenvalue weighted by molar-refractivity contribution is -0.0692. The molecule has 0 amide bonds. The van der Waals surface area contributed by atoms with Gasteiger partial charge in [-0.3, -0.25) is 0 Å². The largest absolute Gasteiger partial charge is 0.697 e. The van der Waals surface area contributed by atoms with Crippen LogP contribution in [0.25, 0.3) is 0 Å². The lowest BCUT2D eigenvalue weighted by atomic mass is 10.3. The van der Waals surface area contributed by atoms with Gasteiger partial charge in [0.05, 0.1) is 0 Å². The summed E-state index contributed by atoms with van der Waals surface area (Å²) in [4.78, 5) is 0. The normalized spacial score (nSPS) is 20.9. The molecule has 0 aromatic rings. The Balaban J connectivity index is 6.61. The predicted molar refractivity (Wildman–Crippen MR) is 148 cm³/mol. The molecule has 10 nitrogen and oxygen atoms in total. The number of hydrogen-bond donors (Lipinski definition) is 0. The number of rotatable bonds is 22. The summed E-state index contributed by atoms with van der Waals surface area (Å²) >= 11 is 0. The van der Waals surface area contributed by atoms with Crippen LogP contribution in [0.15, 0.2) is 0 Å². The molecule has 0 saturated heterocycles. The third-order valence-electron chi connectivity index (χ3n) is 5.93. The molecule has 224 valence electrons. The molecule has 0 aromatic carbocycles. The number of hydrogen-bond acceptors (Lipinski definition) is 10. The molecule has 0 heterocycles. The van der Waals surface area contributed by atoms with Crippen LogP contribution in [0.3, 0.4) is 0 Å². The molecule has 0 bridgehead atoms. The molecular formula is C24H54O10SSi2. The van der Waals surface area contributed by atoms with Gasteiger partial charge < -0.3 is 26.6 Å². The quantitative estimate of drug-likeness (QED) is 0.139. The van der Waals surface area contributed by atoms with Gasteiger partial charge in [-0.05, 0) is 80.1 Å². The first-order valence-electron chi connectivity index (χ1n) is 13.9. The molecule has 0 spiro atoms. The van der Waals surface area contributed by atoms with Crippen LogP contribution in [0.4, 0.5) is 0 Å². The van der Waals surface area contributed by atoms with Crippen molar-refractivity contribution in [2.24, 2.45) is 0 Å². The van der Waals surface area contributed by atoms with E-state index < -0.39 is 28.5 Å². The Morgan fingerprint density at radius 2 is 0.595 bits per heavy atom. The van der Waals surface area contributed by atoms with Gasteiger partial charge in [-0.15, -0.1) is 0 Å². The maximum atomic E-state index is 13.6. The highest BCUT2D eigenvalue weighted by atomic mass is 32.3. The molecular weight excluding hydrogens is 536 g/mol. The van der Waals surface area contributed by atoms with Gasteiger partial charge in [0, 0.05) is 36.6 Å². The molecule has 0 N–H and O–H groups in total. The third kappa shape index (κ3) is 14.3. The molecule has 0 aromatic heterocycles. The minimum Gasteiger partial charge on any atom is -0.348 e. The van der Waals surface area contributed by atoms with Crippen molar-refractivity contribution in [1.29, 1.82) is 0 Å². The second-order valence-corrected chi connectivity index (χ2v) is 15.2. The van der Waals surface area contributed by atoms with E-state index in [4.69, 9.17) is 34.3 Å². The van der Waals surface area contributed by atoms with E-state index in [1.165, 1.54) is 0 Å². The van der Waals surface area contributed by atoms with E-state index in [0.717, 1.165) is 0 Å². The summed E-state index contributed by atoms with van der Waals surface area (Å²) in [5.41, 5.74) is 0.